The maximum Gasteiger partial charge on any atom is 0.261 e. The van der Waals surface area contributed by atoms with Gasteiger partial charge >= 0.3 is 0 Å². The summed E-state index contributed by atoms with van der Waals surface area (Å²) in [7, 11) is -3.84. The van der Waals surface area contributed by atoms with E-state index in [0.29, 0.717) is 29.7 Å². The fraction of sp³-hybridized carbons (Fsp3) is 0.238. The van der Waals surface area contributed by atoms with E-state index in [0.717, 1.165) is 11.1 Å². The molecule has 0 atom stereocenters. The van der Waals surface area contributed by atoms with Gasteiger partial charge in [0.15, 0.2) is 0 Å². The third-order valence-electron chi connectivity index (χ3n) is 4.38. The molecular weight excluding hydrogens is 468 g/mol. The summed E-state index contributed by atoms with van der Waals surface area (Å²) in [6.45, 7) is 5.00. The summed E-state index contributed by atoms with van der Waals surface area (Å²) in [4.78, 5) is 12.5. The maximum absolute atomic E-state index is 12.8. The lowest BCUT2D eigenvalue weighted by Crippen LogP contribution is -2.25. The number of nitrogens with zero attached hydrogens (tertiary/aromatic N) is 2. The highest BCUT2D eigenvalue weighted by Gasteiger charge is 2.18. The first-order valence-corrected chi connectivity index (χ1v) is 11.7. The molecule has 2 N–H and O–H groups in total. The Bertz CT molecular complexity index is 1160. The van der Waals surface area contributed by atoms with E-state index in [1.54, 1.807) is 30.5 Å². The molecule has 1 amide bonds. The Kier molecular flexibility index (Phi) is 6.94. The molecule has 1 heterocycles. The highest BCUT2D eigenvalue weighted by molar-refractivity contribution is 9.10. The normalized spacial score (nSPS) is 11.3. The largest absolute Gasteiger partial charge is 0.352 e. The van der Waals surface area contributed by atoms with Crippen LogP contribution in [-0.4, -0.2) is 30.7 Å². The number of benzene rings is 2. The second-order valence-electron chi connectivity index (χ2n) is 7.01. The fourth-order valence-electron chi connectivity index (χ4n) is 2.86. The predicted octanol–water partition coefficient (Wildman–Crippen LogP) is 3.88. The summed E-state index contributed by atoms with van der Waals surface area (Å²) in [5, 5.41) is 7.02. The summed E-state index contributed by atoms with van der Waals surface area (Å²) in [5.74, 6) is -0.319. The zero-order chi connectivity index (χ0) is 21.7. The zero-order valence-corrected chi connectivity index (χ0v) is 19.1. The van der Waals surface area contributed by atoms with E-state index in [4.69, 9.17) is 0 Å². The molecule has 3 rings (SSSR count). The van der Waals surface area contributed by atoms with Crippen molar-refractivity contribution in [1.29, 1.82) is 0 Å². The molecule has 0 saturated carbocycles. The lowest BCUT2D eigenvalue weighted by atomic mass is 10.2. The van der Waals surface area contributed by atoms with Gasteiger partial charge in [-0.1, -0.05) is 12.1 Å². The molecule has 0 fully saturated rings. The van der Waals surface area contributed by atoms with E-state index in [2.05, 4.69) is 31.1 Å². The molecule has 0 aliphatic carbocycles. The number of hydrogen-bond donors (Lipinski definition) is 2. The molecule has 1 aromatic heterocycles. The van der Waals surface area contributed by atoms with Crippen molar-refractivity contribution in [2.24, 2.45) is 0 Å². The van der Waals surface area contributed by atoms with Gasteiger partial charge in [0.1, 0.15) is 0 Å². The second kappa shape index (κ2) is 9.44. The van der Waals surface area contributed by atoms with E-state index >= 15 is 0 Å². The van der Waals surface area contributed by atoms with Gasteiger partial charge in [0.25, 0.3) is 15.9 Å². The molecule has 0 unspecified atom stereocenters. The van der Waals surface area contributed by atoms with E-state index in [9.17, 15) is 13.2 Å². The van der Waals surface area contributed by atoms with Crippen LogP contribution in [0.1, 0.15) is 27.9 Å². The third kappa shape index (κ3) is 5.70. The molecule has 0 saturated heterocycles. The van der Waals surface area contributed by atoms with E-state index in [-0.39, 0.29) is 16.4 Å². The lowest BCUT2D eigenvalue weighted by molar-refractivity contribution is 0.0952. The van der Waals surface area contributed by atoms with Crippen LogP contribution in [0.2, 0.25) is 0 Å². The minimum Gasteiger partial charge on any atom is -0.352 e. The maximum atomic E-state index is 12.8. The van der Waals surface area contributed by atoms with Crippen LogP contribution in [0.15, 0.2) is 64.2 Å². The summed E-state index contributed by atoms with van der Waals surface area (Å²) < 4.78 is 30.6. The quantitative estimate of drug-likeness (QED) is 0.468. The van der Waals surface area contributed by atoms with E-state index in [1.807, 2.05) is 30.8 Å². The van der Waals surface area contributed by atoms with Crippen molar-refractivity contribution < 1.29 is 13.2 Å². The minimum absolute atomic E-state index is 0.0237. The zero-order valence-electron chi connectivity index (χ0n) is 16.7. The van der Waals surface area contributed by atoms with Crippen LogP contribution < -0.4 is 10.0 Å². The van der Waals surface area contributed by atoms with Crippen LogP contribution in [-0.2, 0) is 16.6 Å². The molecule has 0 bridgehead atoms. The number of rotatable bonds is 8. The van der Waals surface area contributed by atoms with Gasteiger partial charge in [0.05, 0.1) is 16.8 Å². The van der Waals surface area contributed by atoms with Crippen LogP contribution in [0.3, 0.4) is 0 Å². The average molecular weight is 491 g/mol. The van der Waals surface area contributed by atoms with Crippen LogP contribution >= 0.6 is 15.9 Å². The molecule has 2 aromatic carbocycles. The Morgan fingerprint density at radius 2 is 1.93 bits per heavy atom. The van der Waals surface area contributed by atoms with Crippen molar-refractivity contribution in [1.82, 2.24) is 15.1 Å². The van der Waals surface area contributed by atoms with Crippen LogP contribution in [0, 0.1) is 13.8 Å². The van der Waals surface area contributed by atoms with Gasteiger partial charge in [-0.15, -0.1) is 0 Å². The van der Waals surface area contributed by atoms with Crippen molar-refractivity contribution in [3.8, 4) is 0 Å². The molecule has 30 heavy (non-hydrogen) atoms. The Hall–Kier alpha value is -2.65. The first kappa shape index (κ1) is 22.0. The number of anilines is 1. The highest BCUT2D eigenvalue weighted by atomic mass is 79.9. The van der Waals surface area contributed by atoms with Crippen molar-refractivity contribution in [3.63, 3.8) is 0 Å². The first-order valence-electron chi connectivity index (χ1n) is 9.41. The number of carbonyl (C=O) groups is 1. The van der Waals surface area contributed by atoms with Crippen molar-refractivity contribution in [3.05, 3.63) is 76.0 Å². The molecular formula is C21H23BrN4O3S. The Balaban J connectivity index is 1.64. The van der Waals surface area contributed by atoms with Crippen LogP contribution in [0.4, 0.5) is 5.69 Å². The Labute approximate surface area is 184 Å². The number of aryl methyl sites for hydroxylation is 3. The molecule has 7 nitrogen and oxygen atoms in total. The van der Waals surface area contributed by atoms with Gasteiger partial charge in [-0.3, -0.25) is 14.2 Å². The van der Waals surface area contributed by atoms with Gasteiger partial charge < -0.3 is 5.32 Å². The standard InChI is InChI=1S/C21H23BrN4O3S/c1-15-7-8-19(22)20(11-15)25-30(28,29)18-6-3-5-17(12-18)21(27)23-9-4-10-26-14-16(2)13-24-26/h3,5-8,11-14,25H,4,9-10H2,1-2H3,(H,23,27). The van der Waals surface area contributed by atoms with Crippen molar-refractivity contribution >= 4 is 37.5 Å². The molecule has 3 aromatic rings. The smallest absolute Gasteiger partial charge is 0.261 e. The van der Waals surface area contributed by atoms with Gasteiger partial charge in [-0.05, 0) is 77.7 Å². The number of carbonyl (C=O) groups excluding carboxylic acids is 1. The number of sulfonamides is 1. The lowest BCUT2D eigenvalue weighted by Gasteiger charge is -2.12. The number of aromatic nitrogens is 2. The molecule has 158 valence electrons. The average Bonchev–Trinajstić information content (AvgIpc) is 3.13. The monoisotopic (exact) mass is 490 g/mol. The van der Waals surface area contributed by atoms with Crippen molar-refractivity contribution in [2.45, 2.75) is 31.7 Å². The van der Waals surface area contributed by atoms with Gasteiger partial charge in [-0.2, -0.15) is 5.10 Å². The highest BCUT2D eigenvalue weighted by Crippen LogP contribution is 2.26. The number of nitrogens with one attached hydrogen (secondary N) is 2. The topological polar surface area (TPSA) is 93.1 Å². The summed E-state index contributed by atoms with van der Waals surface area (Å²) in [6, 6.07) is 11.4. The van der Waals surface area contributed by atoms with E-state index < -0.39 is 10.0 Å². The van der Waals surface area contributed by atoms with Crippen LogP contribution in [0.5, 0.6) is 0 Å². The molecule has 0 spiro atoms. The van der Waals surface area contributed by atoms with Gasteiger partial charge in [0.2, 0.25) is 0 Å². The van der Waals surface area contributed by atoms with Crippen molar-refractivity contribution in [2.75, 3.05) is 11.3 Å². The summed E-state index contributed by atoms with van der Waals surface area (Å²) in [5.41, 5.74) is 2.74. The molecule has 9 heteroatoms. The summed E-state index contributed by atoms with van der Waals surface area (Å²) >= 11 is 3.35. The van der Waals surface area contributed by atoms with Crippen LogP contribution in [0.25, 0.3) is 0 Å². The molecule has 0 radical (unpaired) electrons. The molecule has 0 aliphatic rings. The molecule has 0 aliphatic heterocycles. The van der Waals surface area contributed by atoms with E-state index in [1.165, 1.54) is 12.1 Å². The fourth-order valence-corrected chi connectivity index (χ4v) is 4.45. The summed E-state index contributed by atoms with van der Waals surface area (Å²) in [6.07, 6.45) is 4.44. The first-order chi connectivity index (χ1) is 14.2. The number of hydrogen-bond acceptors (Lipinski definition) is 4. The minimum atomic E-state index is -3.84. The van der Waals surface area contributed by atoms with Gasteiger partial charge in [0, 0.05) is 29.3 Å². The Morgan fingerprint density at radius 3 is 2.67 bits per heavy atom. The Morgan fingerprint density at radius 1 is 1.13 bits per heavy atom. The predicted molar refractivity (Wildman–Crippen MR) is 120 cm³/mol. The van der Waals surface area contributed by atoms with Gasteiger partial charge in [-0.25, -0.2) is 8.42 Å². The number of amides is 1. The number of halogens is 1. The SMILES string of the molecule is Cc1ccc(Br)c(NS(=O)(=O)c2cccc(C(=O)NCCCn3cc(C)cn3)c2)c1. The second-order valence-corrected chi connectivity index (χ2v) is 9.54. The third-order valence-corrected chi connectivity index (χ3v) is 6.44.